The molecule has 1 saturated carbocycles. The largest absolute Gasteiger partial charge is 0.444 e. The van der Waals surface area contributed by atoms with Crippen molar-refractivity contribution in [3.05, 3.63) is 47.8 Å². The van der Waals surface area contributed by atoms with E-state index in [-0.39, 0.29) is 12.1 Å². The topological polar surface area (TPSA) is 79.4 Å². The van der Waals surface area contributed by atoms with Crippen LogP contribution in [-0.2, 0) is 17.6 Å². The van der Waals surface area contributed by atoms with Gasteiger partial charge in [0.1, 0.15) is 11.4 Å². The Morgan fingerprint density at radius 3 is 2.65 bits per heavy atom. The molecule has 3 aliphatic rings. The van der Waals surface area contributed by atoms with Gasteiger partial charge in [0, 0.05) is 36.4 Å². The highest BCUT2D eigenvalue weighted by Gasteiger charge is 2.30. The van der Waals surface area contributed by atoms with Crippen LogP contribution in [0, 0.1) is 0 Å². The molecule has 6 rings (SSSR count). The molecule has 0 spiro atoms. The lowest BCUT2D eigenvalue weighted by Crippen LogP contribution is -2.40. The van der Waals surface area contributed by atoms with Crippen LogP contribution in [0.1, 0.15) is 64.1 Å². The number of nitrogens with zero attached hydrogens (tertiary/aromatic N) is 3. The SMILES string of the molecule is CC(C)(C)OC(=O)NC1CCN(c2c3c(nc4ccc(-c5ccnc(NC6CC6)c5)cc24)CCCC3)C1. The van der Waals surface area contributed by atoms with Gasteiger partial charge >= 0.3 is 6.09 Å². The van der Waals surface area contributed by atoms with Gasteiger partial charge < -0.3 is 20.3 Å². The lowest BCUT2D eigenvalue weighted by atomic mass is 9.91. The molecule has 2 aliphatic carbocycles. The molecule has 1 amide bonds. The first-order valence-electron chi connectivity index (χ1n) is 13.8. The van der Waals surface area contributed by atoms with Crippen molar-refractivity contribution in [2.45, 2.75) is 83.4 Å². The molecule has 1 unspecified atom stereocenters. The number of pyridine rings is 2. The average molecular weight is 500 g/mol. The molecule has 2 fully saturated rings. The summed E-state index contributed by atoms with van der Waals surface area (Å²) in [6.07, 6.45) is 9.39. The van der Waals surface area contributed by atoms with E-state index in [1.807, 2.05) is 27.0 Å². The Hall–Kier alpha value is -3.35. The van der Waals surface area contributed by atoms with Crippen LogP contribution in [0.2, 0.25) is 0 Å². The molecule has 1 aliphatic heterocycles. The molecule has 2 aromatic heterocycles. The van der Waals surface area contributed by atoms with E-state index in [0.717, 1.165) is 49.2 Å². The van der Waals surface area contributed by atoms with Gasteiger partial charge in [0.25, 0.3) is 0 Å². The zero-order chi connectivity index (χ0) is 25.6. The zero-order valence-electron chi connectivity index (χ0n) is 22.1. The summed E-state index contributed by atoms with van der Waals surface area (Å²) in [5, 5.41) is 7.81. The molecular formula is C30H37N5O2. The summed E-state index contributed by atoms with van der Waals surface area (Å²) >= 11 is 0. The van der Waals surface area contributed by atoms with E-state index < -0.39 is 5.60 Å². The number of ether oxygens (including phenoxy) is 1. The van der Waals surface area contributed by atoms with E-state index in [2.05, 4.69) is 50.8 Å². The van der Waals surface area contributed by atoms with E-state index in [9.17, 15) is 4.79 Å². The van der Waals surface area contributed by atoms with Crippen LogP contribution >= 0.6 is 0 Å². The smallest absolute Gasteiger partial charge is 0.407 e. The van der Waals surface area contributed by atoms with E-state index in [0.29, 0.717) is 6.04 Å². The second kappa shape index (κ2) is 9.51. The van der Waals surface area contributed by atoms with Crippen LogP contribution in [-0.4, -0.2) is 46.8 Å². The molecule has 194 valence electrons. The fourth-order valence-corrected chi connectivity index (χ4v) is 5.62. The first-order chi connectivity index (χ1) is 17.8. The van der Waals surface area contributed by atoms with E-state index in [4.69, 9.17) is 9.72 Å². The number of aromatic nitrogens is 2. The molecule has 0 bridgehead atoms. The first-order valence-corrected chi connectivity index (χ1v) is 13.8. The lowest BCUT2D eigenvalue weighted by molar-refractivity contribution is 0.0509. The third-order valence-electron chi connectivity index (χ3n) is 7.48. The quantitative estimate of drug-likeness (QED) is 0.458. The number of anilines is 2. The standard InChI is InChI=1S/C30H37N5O2/c1-30(2,3)37-29(36)33-22-13-15-35(18-22)28-23-6-4-5-7-25(23)34-26-11-8-19(16-24(26)28)20-12-14-31-27(17-20)32-21-9-10-21/h8,11-12,14,16-17,21-22H,4-7,9-10,13,15,18H2,1-3H3,(H,31,32)(H,33,36). The first kappa shape index (κ1) is 24.0. The Labute approximate surface area is 219 Å². The molecule has 1 atom stereocenters. The predicted octanol–water partition coefficient (Wildman–Crippen LogP) is 5.85. The Morgan fingerprint density at radius 1 is 1.03 bits per heavy atom. The van der Waals surface area contributed by atoms with Crippen LogP contribution < -0.4 is 15.5 Å². The van der Waals surface area contributed by atoms with Crippen LogP contribution in [0.4, 0.5) is 16.3 Å². The van der Waals surface area contributed by atoms with Gasteiger partial charge in [-0.15, -0.1) is 0 Å². The highest BCUT2D eigenvalue weighted by atomic mass is 16.6. The summed E-state index contributed by atoms with van der Waals surface area (Å²) in [6, 6.07) is 11.5. The number of amides is 1. The maximum absolute atomic E-state index is 12.4. The zero-order valence-corrected chi connectivity index (χ0v) is 22.1. The predicted molar refractivity (Wildman–Crippen MR) is 148 cm³/mol. The number of hydrogen-bond acceptors (Lipinski definition) is 6. The molecule has 0 radical (unpaired) electrons. The summed E-state index contributed by atoms with van der Waals surface area (Å²) < 4.78 is 5.51. The second-order valence-corrected chi connectivity index (χ2v) is 11.8. The number of aryl methyl sites for hydroxylation is 1. The molecule has 1 aromatic carbocycles. The van der Waals surface area contributed by atoms with Crippen LogP contribution in [0.3, 0.4) is 0 Å². The minimum Gasteiger partial charge on any atom is -0.444 e. The number of carbonyl (C=O) groups excluding carboxylic acids is 1. The van der Waals surface area contributed by atoms with Crippen molar-refractivity contribution in [1.82, 2.24) is 15.3 Å². The molecule has 7 nitrogen and oxygen atoms in total. The number of alkyl carbamates (subject to hydrolysis) is 1. The van der Waals surface area contributed by atoms with Crippen molar-refractivity contribution in [2.75, 3.05) is 23.3 Å². The summed E-state index contributed by atoms with van der Waals surface area (Å²) in [4.78, 5) is 24.5. The van der Waals surface area contributed by atoms with E-state index in [1.165, 1.54) is 53.6 Å². The summed E-state index contributed by atoms with van der Waals surface area (Å²) in [6.45, 7) is 7.37. The number of carbonyl (C=O) groups is 1. The van der Waals surface area contributed by atoms with Crippen molar-refractivity contribution in [2.24, 2.45) is 0 Å². The van der Waals surface area contributed by atoms with Gasteiger partial charge in [0.05, 0.1) is 17.2 Å². The van der Waals surface area contributed by atoms with Crippen molar-refractivity contribution in [3.8, 4) is 11.1 Å². The van der Waals surface area contributed by atoms with Gasteiger partial charge in [-0.1, -0.05) is 6.07 Å². The highest BCUT2D eigenvalue weighted by molar-refractivity contribution is 5.97. The Kier molecular flexibility index (Phi) is 6.17. The summed E-state index contributed by atoms with van der Waals surface area (Å²) in [5.41, 5.74) is 6.82. The molecule has 3 heterocycles. The van der Waals surface area contributed by atoms with E-state index in [1.54, 1.807) is 0 Å². The fourth-order valence-electron chi connectivity index (χ4n) is 5.62. The summed E-state index contributed by atoms with van der Waals surface area (Å²) in [5.74, 6) is 0.944. The number of fused-ring (bicyclic) bond motifs is 2. The Bertz CT molecular complexity index is 1330. The second-order valence-electron chi connectivity index (χ2n) is 11.8. The number of benzene rings is 1. The van der Waals surface area contributed by atoms with Crippen molar-refractivity contribution < 1.29 is 9.53 Å². The third-order valence-corrected chi connectivity index (χ3v) is 7.48. The number of nitrogens with one attached hydrogen (secondary N) is 2. The van der Waals surface area contributed by atoms with Crippen molar-refractivity contribution in [3.63, 3.8) is 0 Å². The maximum Gasteiger partial charge on any atom is 0.407 e. The van der Waals surface area contributed by atoms with E-state index >= 15 is 0 Å². The third kappa shape index (κ3) is 5.36. The summed E-state index contributed by atoms with van der Waals surface area (Å²) in [7, 11) is 0. The van der Waals surface area contributed by atoms with Gasteiger partial charge in [-0.25, -0.2) is 9.78 Å². The van der Waals surface area contributed by atoms with Crippen molar-refractivity contribution >= 4 is 28.5 Å². The Morgan fingerprint density at radius 2 is 1.84 bits per heavy atom. The average Bonchev–Trinajstić information content (AvgIpc) is 3.56. The van der Waals surface area contributed by atoms with Gasteiger partial charge in [0.15, 0.2) is 0 Å². The Balaban J connectivity index is 1.34. The normalized spacial score (nSPS) is 19.5. The lowest BCUT2D eigenvalue weighted by Gasteiger charge is -2.28. The van der Waals surface area contributed by atoms with Crippen LogP contribution in [0.15, 0.2) is 36.5 Å². The molecule has 7 heteroatoms. The molecule has 1 saturated heterocycles. The van der Waals surface area contributed by atoms with Gasteiger partial charge in [-0.2, -0.15) is 0 Å². The van der Waals surface area contributed by atoms with Crippen LogP contribution in [0.5, 0.6) is 0 Å². The maximum atomic E-state index is 12.4. The fraction of sp³-hybridized carbons (Fsp3) is 0.500. The minimum absolute atomic E-state index is 0.0664. The van der Waals surface area contributed by atoms with Gasteiger partial charge in [-0.05, 0) is 107 Å². The molecule has 2 N–H and O–H groups in total. The molecular weight excluding hydrogens is 462 g/mol. The number of rotatable bonds is 5. The van der Waals surface area contributed by atoms with Crippen LogP contribution in [0.25, 0.3) is 22.0 Å². The van der Waals surface area contributed by atoms with Gasteiger partial charge in [0.2, 0.25) is 0 Å². The molecule has 37 heavy (non-hydrogen) atoms. The van der Waals surface area contributed by atoms with Crippen molar-refractivity contribution in [1.29, 1.82) is 0 Å². The molecule has 3 aromatic rings. The number of hydrogen-bond donors (Lipinski definition) is 2. The minimum atomic E-state index is -0.500. The monoisotopic (exact) mass is 499 g/mol. The highest BCUT2D eigenvalue weighted by Crippen LogP contribution is 2.39. The van der Waals surface area contributed by atoms with Gasteiger partial charge in [-0.3, -0.25) is 4.98 Å².